The molecule has 0 bridgehead atoms. The van der Waals surface area contributed by atoms with E-state index in [-0.39, 0.29) is 0 Å². The predicted octanol–water partition coefficient (Wildman–Crippen LogP) is 3.44. The summed E-state index contributed by atoms with van der Waals surface area (Å²) >= 11 is 0. The van der Waals surface area contributed by atoms with Crippen LogP contribution in [0, 0.1) is 5.92 Å². The lowest BCUT2D eigenvalue weighted by Gasteiger charge is -2.26. The van der Waals surface area contributed by atoms with Crippen molar-refractivity contribution in [3.63, 3.8) is 0 Å². The highest BCUT2D eigenvalue weighted by atomic mass is 16.3. The van der Waals surface area contributed by atoms with Crippen molar-refractivity contribution in [2.45, 2.75) is 32.8 Å². The highest BCUT2D eigenvalue weighted by Gasteiger charge is 2.21. The third kappa shape index (κ3) is 3.67. The van der Waals surface area contributed by atoms with Gasteiger partial charge in [-0.15, -0.1) is 0 Å². The van der Waals surface area contributed by atoms with Crippen molar-refractivity contribution in [3.8, 4) is 0 Å². The maximum absolute atomic E-state index is 10.3. The Balaban J connectivity index is 2.14. The smallest absolute Gasteiger partial charge is 0.133 e. The Kier molecular flexibility index (Phi) is 4.05. The van der Waals surface area contributed by atoms with Gasteiger partial charge in [0.1, 0.15) is 5.82 Å². The van der Waals surface area contributed by atoms with Crippen LogP contribution in [0.2, 0.25) is 0 Å². The van der Waals surface area contributed by atoms with Crippen LogP contribution in [-0.2, 0) is 0 Å². The van der Waals surface area contributed by atoms with Gasteiger partial charge in [0, 0.05) is 18.1 Å². The standard InChI is InChI=1S/C16H22N2O/c1-12(2)10-16(3,19)11-18-15-14-7-5-4-6-13(14)8-9-17-15/h4-9,12,19H,10-11H2,1-3H3,(H,17,18). The van der Waals surface area contributed by atoms with E-state index < -0.39 is 5.60 Å². The highest BCUT2D eigenvalue weighted by Crippen LogP contribution is 2.22. The minimum absolute atomic E-state index is 0.470. The lowest BCUT2D eigenvalue weighted by atomic mass is 9.94. The Hall–Kier alpha value is -1.61. The van der Waals surface area contributed by atoms with Crippen molar-refractivity contribution in [1.29, 1.82) is 0 Å². The molecule has 2 aromatic rings. The third-order valence-corrected chi connectivity index (χ3v) is 3.16. The topological polar surface area (TPSA) is 45.1 Å². The number of aliphatic hydroxyl groups is 1. The van der Waals surface area contributed by atoms with Gasteiger partial charge in [-0.05, 0) is 30.7 Å². The molecule has 0 aliphatic rings. The second-order valence-corrected chi connectivity index (χ2v) is 5.83. The molecular formula is C16H22N2O. The number of nitrogens with one attached hydrogen (secondary N) is 1. The van der Waals surface area contributed by atoms with Crippen LogP contribution in [0.4, 0.5) is 5.82 Å². The number of rotatable bonds is 5. The Morgan fingerprint density at radius 2 is 2.00 bits per heavy atom. The average Bonchev–Trinajstić information content (AvgIpc) is 2.35. The van der Waals surface area contributed by atoms with E-state index in [0.29, 0.717) is 12.5 Å². The molecule has 0 saturated heterocycles. The molecular weight excluding hydrogens is 236 g/mol. The largest absolute Gasteiger partial charge is 0.388 e. The number of hydrogen-bond acceptors (Lipinski definition) is 3. The summed E-state index contributed by atoms with van der Waals surface area (Å²) in [6, 6.07) is 10.1. The molecule has 0 saturated carbocycles. The molecule has 0 aliphatic heterocycles. The molecule has 1 atom stereocenters. The van der Waals surface area contributed by atoms with Crippen molar-refractivity contribution in [2.75, 3.05) is 11.9 Å². The van der Waals surface area contributed by atoms with Crippen LogP contribution < -0.4 is 5.32 Å². The number of benzene rings is 1. The minimum atomic E-state index is -0.715. The summed E-state index contributed by atoms with van der Waals surface area (Å²) in [7, 11) is 0. The monoisotopic (exact) mass is 258 g/mol. The summed E-state index contributed by atoms with van der Waals surface area (Å²) in [6.07, 6.45) is 2.56. The molecule has 1 heterocycles. The summed E-state index contributed by atoms with van der Waals surface area (Å²) in [4.78, 5) is 4.37. The van der Waals surface area contributed by atoms with Gasteiger partial charge in [-0.3, -0.25) is 0 Å². The number of nitrogens with zero attached hydrogens (tertiary/aromatic N) is 1. The third-order valence-electron chi connectivity index (χ3n) is 3.16. The zero-order valence-electron chi connectivity index (χ0n) is 11.9. The van der Waals surface area contributed by atoms with E-state index in [1.807, 2.05) is 31.2 Å². The van der Waals surface area contributed by atoms with E-state index in [9.17, 15) is 5.11 Å². The van der Waals surface area contributed by atoms with Gasteiger partial charge in [0.15, 0.2) is 0 Å². The van der Waals surface area contributed by atoms with Crippen LogP contribution in [0.5, 0.6) is 0 Å². The quantitative estimate of drug-likeness (QED) is 0.863. The molecule has 1 unspecified atom stereocenters. The second kappa shape index (κ2) is 5.57. The van der Waals surface area contributed by atoms with Crippen LogP contribution in [0.15, 0.2) is 36.5 Å². The first-order valence-corrected chi connectivity index (χ1v) is 6.78. The molecule has 19 heavy (non-hydrogen) atoms. The zero-order chi connectivity index (χ0) is 13.9. The van der Waals surface area contributed by atoms with Crippen molar-refractivity contribution >= 4 is 16.6 Å². The van der Waals surface area contributed by atoms with Crippen LogP contribution in [0.1, 0.15) is 27.2 Å². The molecule has 3 nitrogen and oxygen atoms in total. The molecule has 1 aromatic carbocycles. The Morgan fingerprint density at radius 3 is 2.74 bits per heavy atom. The maximum atomic E-state index is 10.3. The lowest BCUT2D eigenvalue weighted by Crippen LogP contribution is -2.35. The Morgan fingerprint density at radius 1 is 1.26 bits per heavy atom. The van der Waals surface area contributed by atoms with Gasteiger partial charge in [-0.1, -0.05) is 38.1 Å². The molecule has 3 heteroatoms. The van der Waals surface area contributed by atoms with Crippen LogP contribution in [0.3, 0.4) is 0 Å². The van der Waals surface area contributed by atoms with Gasteiger partial charge in [0.05, 0.1) is 5.60 Å². The van der Waals surface area contributed by atoms with Crippen molar-refractivity contribution in [2.24, 2.45) is 5.92 Å². The van der Waals surface area contributed by atoms with E-state index >= 15 is 0 Å². The van der Waals surface area contributed by atoms with Crippen molar-refractivity contribution in [3.05, 3.63) is 36.5 Å². The van der Waals surface area contributed by atoms with E-state index in [1.54, 1.807) is 6.20 Å². The summed E-state index contributed by atoms with van der Waals surface area (Å²) in [5, 5.41) is 15.8. The van der Waals surface area contributed by atoms with Gasteiger partial charge in [0.2, 0.25) is 0 Å². The van der Waals surface area contributed by atoms with Gasteiger partial charge >= 0.3 is 0 Å². The Bertz CT molecular complexity index is 544. The number of anilines is 1. The normalized spacial score (nSPS) is 14.6. The van der Waals surface area contributed by atoms with Crippen molar-refractivity contribution < 1.29 is 5.11 Å². The molecule has 0 aliphatic carbocycles. The maximum Gasteiger partial charge on any atom is 0.133 e. The predicted molar refractivity (Wildman–Crippen MR) is 80.3 cm³/mol. The summed E-state index contributed by atoms with van der Waals surface area (Å²) in [6.45, 7) is 6.60. The zero-order valence-corrected chi connectivity index (χ0v) is 11.9. The summed E-state index contributed by atoms with van der Waals surface area (Å²) in [5.41, 5.74) is -0.715. The molecule has 0 radical (unpaired) electrons. The molecule has 1 aromatic heterocycles. The average molecular weight is 258 g/mol. The highest BCUT2D eigenvalue weighted by molar-refractivity contribution is 5.91. The number of aromatic nitrogens is 1. The SMILES string of the molecule is CC(C)CC(C)(O)CNc1nccc2ccccc12. The first-order chi connectivity index (χ1) is 8.98. The fraction of sp³-hybridized carbons (Fsp3) is 0.438. The molecule has 102 valence electrons. The molecule has 0 fully saturated rings. The number of hydrogen-bond donors (Lipinski definition) is 2. The van der Waals surface area contributed by atoms with E-state index in [0.717, 1.165) is 23.0 Å². The number of pyridine rings is 1. The summed E-state index contributed by atoms with van der Waals surface area (Å²) in [5.74, 6) is 1.31. The van der Waals surface area contributed by atoms with Gasteiger partial charge < -0.3 is 10.4 Å². The van der Waals surface area contributed by atoms with Gasteiger partial charge in [-0.2, -0.15) is 0 Å². The second-order valence-electron chi connectivity index (χ2n) is 5.83. The summed E-state index contributed by atoms with van der Waals surface area (Å²) < 4.78 is 0. The fourth-order valence-corrected chi connectivity index (χ4v) is 2.49. The van der Waals surface area contributed by atoms with Gasteiger partial charge in [0.25, 0.3) is 0 Å². The molecule has 0 amide bonds. The van der Waals surface area contributed by atoms with Crippen molar-refractivity contribution in [1.82, 2.24) is 4.98 Å². The van der Waals surface area contributed by atoms with Gasteiger partial charge in [-0.25, -0.2) is 4.98 Å². The fourth-order valence-electron chi connectivity index (χ4n) is 2.49. The lowest BCUT2D eigenvalue weighted by molar-refractivity contribution is 0.0515. The van der Waals surface area contributed by atoms with Crippen LogP contribution in [0.25, 0.3) is 10.8 Å². The minimum Gasteiger partial charge on any atom is -0.388 e. The first-order valence-electron chi connectivity index (χ1n) is 6.78. The molecule has 2 N–H and O–H groups in total. The number of fused-ring (bicyclic) bond motifs is 1. The van der Waals surface area contributed by atoms with E-state index in [1.165, 1.54) is 0 Å². The first kappa shape index (κ1) is 13.8. The molecule has 2 rings (SSSR count). The van der Waals surface area contributed by atoms with Crippen LogP contribution in [-0.4, -0.2) is 22.2 Å². The Labute approximate surface area is 114 Å². The molecule has 0 spiro atoms. The van der Waals surface area contributed by atoms with E-state index in [2.05, 4.69) is 30.2 Å². The van der Waals surface area contributed by atoms with E-state index in [4.69, 9.17) is 0 Å². The van der Waals surface area contributed by atoms with Crippen LogP contribution >= 0.6 is 0 Å².